The number of aliphatic hydroxyl groups is 1. The van der Waals surface area contributed by atoms with Crippen molar-refractivity contribution in [3.63, 3.8) is 0 Å². The lowest BCUT2D eigenvalue weighted by molar-refractivity contribution is 0.172. The van der Waals surface area contributed by atoms with Gasteiger partial charge in [0, 0.05) is 6.07 Å². The predicted octanol–water partition coefficient (Wildman–Crippen LogP) is 2.12. The van der Waals surface area contributed by atoms with Crippen molar-refractivity contribution >= 4 is 11.7 Å². The fraction of sp³-hybridized carbons (Fsp3) is 0.400. The van der Waals surface area contributed by atoms with Crippen LogP contribution in [0.25, 0.3) is 0 Å². The highest BCUT2D eigenvalue weighted by Crippen LogP contribution is 2.25. The van der Waals surface area contributed by atoms with Crippen LogP contribution in [0.15, 0.2) is 18.2 Å². The average Bonchev–Trinajstić information content (AvgIpc) is 2.46. The van der Waals surface area contributed by atoms with Gasteiger partial charge in [0.25, 0.3) is 0 Å². The van der Waals surface area contributed by atoms with Gasteiger partial charge in [0.2, 0.25) is 0 Å². The van der Waals surface area contributed by atoms with Crippen LogP contribution in [-0.2, 0) is 0 Å². The zero-order chi connectivity index (χ0) is 15.9. The summed E-state index contributed by atoms with van der Waals surface area (Å²) in [5, 5.41) is 14.4. The lowest BCUT2D eigenvalue weighted by atomic mass is 10.0. The van der Waals surface area contributed by atoms with Gasteiger partial charge in [-0.05, 0) is 25.5 Å². The van der Waals surface area contributed by atoms with Crippen molar-refractivity contribution in [3.05, 3.63) is 24.0 Å². The fourth-order valence-corrected chi connectivity index (χ4v) is 1.51. The van der Waals surface area contributed by atoms with Gasteiger partial charge in [-0.3, -0.25) is 0 Å². The van der Waals surface area contributed by atoms with Crippen molar-refractivity contribution < 1.29 is 19.0 Å². The van der Waals surface area contributed by atoms with Crippen molar-refractivity contribution in [2.24, 2.45) is 0 Å². The van der Waals surface area contributed by atoms with Crippen LogP contribution in [0.5, 0.6) is 5.75 Å². The smallest absolute Gasteiger partial charge is 0.319 e. The van der Waals surface area contributed by atoms with E-state index in [1.807, 2.05) is 6.92 Å². The summed E-state index contributed by atoms with van der Waals surface area (Å²) in [4.78, 5) is 11.9. The van der Waals surface area contributed by atoms with Crippen LogP contribution < -0.4 is 15.4 Å². The summed E-state index contributed by atoms with van der Waals surface area (Å²) in [5.74, 6) is 2.05. The number of nitrogens with one attached hydrogen (secondary N) is 2. The average molecular weight is 294 g/mol. The topological polar surface area (TPSA) is 70.6 Å². The Morgan fingerprint density at radius 1 is 1.57 bits per heavy atom. The molecular weight excluding hydrogens is 275 g/mol. The summed E-state index contributed by atoms with van der Waals surface area (Å²) >= 11 is 0. The molecule has 1 unspecified atom stereocenters. The van der Waals surface area contributed by atoms with Crippen LogP contribution in [0.4, 0.5) is 14.9 Å². The minimum Gasteiger partial charge on any atom is -0.479 e. The zero-order valence-electron chi connectivity index (χ0n) is 12.1. The summed E-state index contributed by atoms with van der Waals surface area (Å²) in [6.07, 6.45) is 5.64. The summed E-state index contributed by atoms with van der Waals surface area (Å²) in [5.41, 5.74) is -0.587. The first-order valence-corrected chi connectivity index (χ1v) is 6.50. The highest BCUT2D eigenvalue weighted by atomic mass is 19.1. The summed E-state index contributed by atoms with van der Waals surface area (Å²) in [6, 6.07) is 3.16. The maximum atomic E-state index is 13.3. The Kier molecular flexibility index (Phi) is 6.00. The highest BCUT2D eigenvalue weighted by Gasteiger charge is 2.23. The second kappa shape index (κ2) is 7.50. The molecule has 0 aliphatic heterocycles. The number of urea groups is 1. The number of hydrogen-bond acceptors (Lipinski definition) is 3. The van der Waals surface area contributed by atoms with Crippen molar-refractivity contribution in [1.82, 2.24) is 5.32 Å². The van der Waals surface area contributed by atoms with Crippen LogP contribution in [0.1, 0.15) is 20.3 Å². The molecule has 1 aromatic rings. The number of anilines is 1. The van der Waals surface area contributed by atoms with Crippen LogP contribution in [0.3, 0.4) is 0 Å². The summed E-state index contributed by atoms with van der Waals surface area (Å²) in [7, 11) is 0. The number of benzene rings is 1. The van der Waals surface area contributed by atoms with Crippen LogP contribution in [-0.4, -0.2) is 29.9 Å². The van der Waals surface area contributed by atoms with Gasteiger partial charge < -0.3 is 20.5 Å². The second-order valence-electron chi connectivity index (χ2n) is 4.78. The first-order chi connectivity index (χ1) is 9.94. The molecule has 0 aliphatic carbocycles. The summed E-state index contributed by atoms with van der Waals surface area (Å²) in [6.45, 7) is 3.33. The van der Waals surface area contributed by atoms with E-state index < -0.39 is 17.4 Å². The van der Waals surface area contributed by atoms with E-state index in [9.17, 15) is 14.3 Å². The number of halogens is 1. The third-order valence-electron chi connectivity index (χ3n) is 3.05. The molecule has 6 heteroatoms. The molecule has 114 valence electrons. The van der Waals surface area contributed by atoms with Gasteiger partial charge in [0.15, 0.2) is 0 Å². The third-order valence-corrected chi connectivity index (χ3v) is 3.05. The van der Waals surface area contributed by atoms with E-state index in [4.69, 9.17) is 11.2 Å². The van der Waals surface area contributed by atoms with Gasteiger partial charge >= 0.3 is 6.03 Å². The molecule has 0 radical (unpaired) electrons. The molecule has 0 bridgehead atoms. The van der Waals surface area contributed by atoms with E-state index in [1.165, 1.54) is 12.1 Å². The van der Waals surface area contributed by atoms with Gasteiger partial charge in [0.05, 0.1) is 17.8 Å². The molecule has 0 fully saturated rings. The Balaban J connectivity index is 2.84. The number of aliphatic hydroxyl groups excluding tert-OH is 1. The first kappa shape index (κ1) is 16.8. The SMILES string of the molecule is C#CCOc1ccc(F)cc1NC(=O)NC(C)(CC)CO. The lowest BCUT2D eigenvalue weighted by Gasteiger charge is -2.27. The first-order valence-electron chi connectivity index (χ1n) is 6.50. The van der Waals surface area contributed by atoms with Crippen LogP contribution in [0, 0.1) is 18.2 Å². The maximum absolute atomic E-state index is 13.3. The van der Waals surface area contributed by atoms with E-state index in [0.717, 1.165) is 6.07 Å². The summed E-state index contributed by atoms with van der Waals surface area (Å²) < 4.78 is 18.5. The van der Waals surface area contributed by atoms with E-state index in [-0.39, 0.29) is 24.7 Å². The van der Waals surface area contributed by atoms with Crippen LogP contribution in [0.2, 0.25) is 0 Å². The second-order valence-corrected chi connectivity index (χ2v) is 4.78. The minimum absolute atomic E-state index is 0.00521. The molecule has 1 rings (SSSR count). The highest BCUT2D eigenvalue weighted by molar-refractivity contribution is 5.91. The molecule has 0 spiro atoms. The third kappa shape index (κ3) is 4.97. The maximum Gasteiger partial charge on any atom is 0.319 e. The number of hydrogen-bond donors (Lipinski definition) is 3. The Morgan fingerprint density at radius 3 is 2.86 bits per heavy atom. The zero-order valence-corrected chi connectivity index (χ0v) is 12.1. The van der Waals surface area contributed by atoms with E-state index >= 15 is 0 Å². The molecule has 3 N–H and O–H groups in total. The van der Waals surface area contributed by atoms with E-state index in [1.54, 1.807) is 6.92 Å². The standard InChI is InChI=1S/C15H19FN2O3/c1-4-8-21-13-7-6-11(16)9-12(13)17-14(20)18-15(3,5-2)10-19/h1,6-7,9,19H,5,8,10H2,2-3H3,(H2,17,18,20). The normalized spacial score (nSPS) is 12.9. The number of amides is 2. The molecule has 0 aliphatic rings. The molecular formula is C15H19FN2O3. The van der Waals surface area contributed by atoms with E-state index in [0.29, 0.717) is 6.42 Å². The van der Waals surface area contributed by atoms with Gasteiger partial charge in [-0.25, -0.2) is 9.18 Å². The Hall–Kier alpha value is -2.26. The van der Waals surface area contributed by atoms with Crippen molar-refractivity contribution in [3.8, 4) is 18.1 Å². The van der Waals surface area contributed by atoms with Gasteiger partial charge in [-0.2, -0.15) is 0 Å². The van der Waals surface area contributed by atoms with Gasteiger partial charge in [-0.15, -0.1) is 6.42 Å². The van der Waals surface area contributed by atoms with Gasteiger partial charge in [0.1, 0.15) is 18.2 Å². The van der Waals surface area contributed by atoms with Gasteiger partial charge in [-0.1, -0.05) is 12.8 Å². The quantitative estimate of drug-likeness (QED) is 0.704. The fourth-order valence-electron chi connectivity index (χ4n) is 1.51. The molecule has 0 aromatic heterocycles. The van der Waals surface area contributed by atoms with Crippen molar-refractivity contribution in [1.29, 1.82) is 0 Å². The van der Waals surface area contributed by atoms with Crippen molar-refractivity contribution in [2.75, 3.05) is 18.5 Å². The lowest BCUT2D eigenvalue weighted by Crippen LogP contribution is -2.50. The molecule has 21 heavy (non-hydrogen) atoms. The number of ether oxygens (including phenoxy) is 1. The molecule has 0 heterocycles. The molecule has 2 amide bonds. The largest absolute Gasteiger partial charge is 0.479 e. The molecule has 1 atom stereocenters. The minimum atomic E-state index is -0.753. The number of carbonyl (C=O) groups is 1. The van der Waals surface area contributed by atoms with Crippen LogP contribution >= 0.6 is 0 Å². The predicted molar refractivity (Wildman–Crippen MR) is 78.7 cm³/mol. The molecule has 0 saturated heterocycles. The van der Waals surface area contributed by atoms with E-state index in [2.05, 4.69) is 16.6 Å². The molecule has 1 aromatic carbocycles. The number of rotatable bonds is 6. The Labute approximate surface area is 123 Å². The molecule has 0 saturated carbocycles. The number of terminal acetylenes is 1. The number of carbonyl (C=O) groups excluding carboxylic acids is 1. The monoisotopic (exact) mass is 294 g/mol. The van der Waals surface area contributed by atoms with Crippen molar-refractivity contribution in [2.45, 2.75) is 25.8 Å². The Bertz CT molecular complexity index is 536. The Morgan fingerprint density at radius 2 is 2.29 bits per heavy atom. The molecule has 5 nitrogen and oxygen atoms in total.